The Bertz CT molecular complexity index is 1370. The van der Waals surface area contributed by atoms with Crippen molar-refractivity contribution in [2.75, 3.05) is 5.32 Å². The van der Waals surface area contributed by atoms with Crippen LogP contribution in [0.25, 0.3) is 5.69 Å². The predicted molar refractivity (Wildman–Crippen MR) is 130 cm³/mol. The van der Waals surface area contributed by atoms with Gasteiger partial charge in [-0.2, -0.15) is 5.10 Å². The summed E-state index contributed by atoms with van der Waals surface area (Å²) in [6, 6.07) is 29.0. The number of hydrogen-bond donors (Lipinski definition) is 1. The van der Waals surface area contributed by atoms with Crippen molar-refractivity contribution in [2.24, 2.45) is 15.9 Å². The van der Waals surface area contributed by atoms with Crippen molar-refractivity contribution in [3.8, 4) is 5.69 Å². The van der Waals surface area contributed by atoms with Crippen LogP contribution >= 0.6 is 0 Å². The van der Waals surface area contributed by atoms with Gasteiger partial charge in [0.05, 0.1) is 28.7 Å². The Morgan fingerprint density at radius 1 is 0.750 bits per heavy atom. The minimum absolute atomic E-state index is 0.00410. The summed E-state index contributed by atoms with van der Waals surface area (Å²) in [5.41, 5.74) is 7.37. The number of aryl methyl sites for hydroxylation is 1. The normalized spacial score (nSPS) is 18.9. The third-order valence-corrected chi connectivity index (χ3v) is 6.32. The molecule has 0 bridgehead atoms. The summed E-state index contributed by atoms with van der Waals surface area (Å²) < 4.78 is 1.97. The highest BCUT2D eigenvalue weighted by atomic mass is 15.3. The maximum Gasteiger partial charge on any atom is 0.161 e. The van der Waals surface area contributed by atoms with E-state index in [-0.39, 0.29) is 11.8 Å². The van der Waals surface area contributed by atoms with Crippen LogP contribution in [0.4, 0.5) is 17.2 Å². The molecule has 1 aromatic heterocycles. The molecule has 5 nitrogen and oxygen atoms in total. The molecule has 6 rings (SSSR count). The van der Waals surface area contributed by atoms with Gasteiger partial charge in [0.25, 0.3) is 0 Å². The van der Waals surface area contributed by atoms with Crippen molar-refractivity contribution in [2.45, 2.75) is 19.8 Å². The number of fused-ring (bicyclic) bond motifs is 3. The Balaban J connectivity index is 1.63. The average Bonchev–Trinajstić information content (AvgIpc) is 3.08. The molecule has 2 atom stereocenters. The standard InChI is InChI=1S/C27H23N5/c1-17-23-25(19-11-5-3-6-12-19)24-18(2)31-32(20-13-7-4-8-14-20)27(24)30-26(23)29-22-16-10-9-15-21(22)28-17/h3-16,23,25H,1-2H3,(H,29,30)/t23-,25-/m1/s1. The van der Waals surface area contributed by atoms with Gasteiger partial charge >= 0.3 is 0 Å². The van der Waals surface area contributed by atoms with Crippen molar-refractivity contribution in [3.05, 3.63) is 102 Å². The molecular weight excluding hydrogens is 394 g/mol. The number of rotatable bonds is 2. The molecular formula is C27H23N5. The maximum absolute atomic E-state index is 5.17. The fourth-order valence-electron chi connectivity index (χ4n) is 4.89. The lowest BCUT2D eigenvalue weighted by Crippen LogP contribution is -2.35. The van der Waals surface area contributed by atoms with Gasteiger partial charge in [-0.1, -0.05) is 60.7 Å². The van der Waals surface area contributed by atoms with Crippen LogP contribution in [-0.4, -0.2) is 21.3 Å². The molecule has 2 aliphatic heterocycles. The van der Waals surface area contributed by atoms with Crippen LogP contribution in [0.3, 0.4) is 0 Å². The van der Waals surface area contributed by atoms with Crippen molar-refractivity contribution >= 4 is 28.7 Å². The molecule has 0 radical (unpaired) electrons. The van der Waals surface area contributed by atoms with Crippen LogP contribution in [0.5, 0.6) is 0 Å². The lowest BCUT2D eigenvalue weighted by Gasteiger charge is -2.32. The van der Waals surface area contributed by atoms with Gasteiger partial charge in [0.15, 0.2) is 5.82 Å². The fourth-order valence-corrected chi connectivity index (χ4v) is 4.89. The van der Waals surface area contributed by atoms with E-state index in [2.05, 4.69) is 67.7 Å². The lowest BCUT2D eigenvalue weighted by atomic mass is 9.76. The third-order valence-electron chi connectivity index (χ3n) is 6.32. The van der Waals surface area contributed by atoms with Crippen molar-refractivity contribution in [1.82, 2.24) is 9.78 Å². The smallest absolute Gasteiger partial charge is 0.161 e. The number of nitrogens with zero attached hydrogens (tertiary/aromatic N) is 4. The summed E-state index contributed by atoms with van der Waals surface area (Å²) >= 11 is 0. The highest BCUT2D eigenvalue weighted by Crippen LogP contribution is 2.47. The largest absolute Gasteiger partial charge is 0.341 e. The molecule has 0 saturated carbocycles. The topological polar surface area (TPSA) is 54.6 Å². The maximum atomic E-state index is 5.17. The van der Waals surface area contributed by atoms with E-state index < -0.39 is 0 Å². The summed E-state index contributed by atoms with van der Waals surface area (Å²) in [6.07, 6.45) is 0. The molecule has 0 saturated heterocycles. The minimum Gasteiger partial charge on any atom is -0.341 e. The average molecular weight is 418 g/mol. The quantitative estimate of drug-likeness (QED) is 0.423. The summed E-state index contributed by atoms with van der Waals surface area (Å²) in [4.78, 5) is 10.2. The SMILES string of the molecule is CC1=Nc2ccccc2NC2=Nc3c(c(C)nn3-c3ccccc3)[C@H](c3ccccc3)[C@@H]12. The van der Waals surface area contributed by atoms with Crippen LogP contribution in [0, 0.1) is 12.8 Å². The predicted octanol–water partition coefficient (Wildman–Crippen LogP) is 6.19. The Labute approximate surface area is 187 Å². The zero-order chi connectivity index (χ0) is 21.7. The van der Waals surface area contributed by atoms with Crippen LogP contribution < -0.4 is 5.32 Å². The van der Waals surface area contributed by atoms with Gasteiger partial charge in [-0.05, 0) is 43.7 Å². The van der Waals surface area contributed by atoms with Gasteiger partial charge < -0.3 is 5.32 Å². The number of aromatic nitrogens is 2. The zero-order valence-corrected chi connectivity index (χ0v) is 18.0. The van der Waals surface area contributed by atoms with E-state index in [9.17, 15) is 0 Å². The molecule has 0 unspecified atom stereocenters. The van der Waals surface area contributed by atoms with Crippen LogP contribution in [0.1, 0.15) is 29.7 Å². The second-order valence-electron chi connectivity index (χ2n) is 8.33. The number of nitrogens with one attached hydrogen (secondary N) is 1. The van der Waals surface area contributed by atoms with Gasteiger partial charge in [-0.25, -0.2) is 9.67 Å². The van der Waals surface area contributed by atoms with E-state index in [1.807, 2.05) is 41.1 Å². The number of amidine groups is 1. The van der Waals surface area contributed by atoms with E-state index >= 15 is 0 Å². The van der Waals surface area contributed by atoms with E-state index in [0.29, 0.717) is 0 Å². The van der Waals surface area contributed by atoms with E-state index in [4.69, 9.17) is 15.1 Å². The van der Waals surface area contributed by atoms with Gasteiger partial charge in [-0.3, -0.25) is 4.99 Å². The first kappa shape index (κ1) is 18.8. The molecule has 0 spiro atoms. The number of anilines is 1. The van der Waals surface area contributed by atoms with Gasteiger partial charge in [-0.15, -0.1) is 0 Å². The molecule has 0 amide bonds. The molecule has 4 aromatic rings. The number of hydrogen-bond acceptors (Lipinski definition) is 4. The van der Waals surface area contributed by atoms with Crippen molar-refractivity contribution < 1.29 is 0 Å². The second kappa shape index (κ2) is 7.31. The highest BCUT2D eigenvalue weighted by molar-refractivity contribution is 6.17. The zero-order valence-electron chi connectivity index (χ0n) is 18.0. The number of aliphatic imine (C=N–C) groups is 2. The molecule has 0 aliphatic carbocycles. The van der Waals surface area contributed by atoms with E-state index in [1.54, 1.807) is 0 Å². The molecule has 0 fully saturated rings. The molecule has 3 heterocycles. The van der Waals surface area contributed by atoms with E-state index in [1.165, 1.54) is 5.56 Å². The molecule has 2 aliphatic rings. The van der Waals surface area contributed by atoms with Crippen LogP contribution in [-0.2, 0) is 0 Å². The molecule has 156 valence electrons. The van der Waals surface area contributed by atoms with Gasteiger partial charge in [0.1, 0.15) is 5.84 Å². The third kappa shape index (κ3) is 2.89. The Kier molecular flexibility index (Phi) is 4.28. The summed E-state index contributed by atoms with van der Waals surface area (Å²) in [5.74, 6) is 1.87. The van der Waals surface area contributed by atoms with Crippen LogP contribution in [0.15, 0.2) is 94.9 Å². The summed E-state index contributed by atoms with van der Waals surface area (Å²) in [5, 5.41) is 8.55. The first-order valence-corrected chi connectivity index (χ1v) is 10.9. The van der Waals surface area contributed by atoms with Gasteiger partial charge in [0, 0.05) is 17.2 Å². The first-order valence-electron chi connectivity index (χ1n) is 10.9. The molecule has 3 aromatic carbocycles. The number of benzene rings is 3. The Morgan fingerprint density at radius 3 is 2.22 bits per heavy atom. The lowest BCUT2D eigenvalue weighted by molar-refractivity contribution is 0.729. The van der Waals surface area contributed by atoms with Crippen molar-refractivity contribution in [3.63, 3.8) is 0 Å². The fraction of sp³-hybridized carbons (Fsp3) is 0.148. The molecule has 32 heavy (non-hydrogen) atoms. The Morgan fingerprint density at radius 2 is 1.44 bits per heavy atom. The summed E-state index contributed by atoms with van der Waals surface area (Å²) in [7, 11) is 0. The van der Waals surface area contributed by atoms with Crippen LogP contribution in [0.2, 0.25) is 0 Å². The highest BCUT2D eigenvalue weighted by Gasteiger charge is 2.41. The Hall–Kier alpha value is -3.99. The first-order chi connectivity index (χ1) is 15.7. The van der Waals surface area contributed by atoms with Gasteiger partial charge in [0.2, 0.25) is 0 Å². The summed E-state index contributed by atoms with van der Waals surface area (Å²) in [6.45, 7) is 4.20. The monoisotopic (exact) mass is 417 g/mol. The second-order valence-corrected chi connectivity index (χ2v) is 8.33. The number of para-hydroxylation sites is 3. The van der Waals surface area contributed by atoms with E-state index in [0.717, 1.165) is 45.7 Å². The van der Waals surface area contributed by atoms with Crippen molar-refractivity contribution in [1.29, 1.82) is 0 Å². The molecule has 5 heteroatoms. The minimum atomic E-state index is 0.00410. The molecule has 1 N–H and O–H groups in total.